The van der Waals surface area contributed by atoms with Crippen molar-refractivity contribution in [1.29, 1.82) is 0 Å². The third-order valence-electron chi connectivity index (χ3n) is 5.70. The maximum Gasteiger partial charge on any atom is 0.367 e. The predicted octanol–water partition coefficient (Wildman–Crippen LogP) is 7.09. The molecule has 3 aromatic rings. The Bertz CT molecular complexity index is 1080. The molecule has 36 heavy (non-hydrogen) atoms. The van der Waals surface area contributed by atoms with Crippen LogP contribution >= 0.6 is 7.60 Å². The summed E-state index contributed by atoms with van der Waals surface area (Å²) in [6.45, 7) is 9.16. The van der Waals surface area contributed by atoms with Crippen molar-refractivity contribution in [2.75, 3.05) is 33.0 Å². The van der Waals surface area contributed by atoms with Gasteiger partial charge < -0.3 is 23.3 Å². The van der Waals surface area contributed by atoms with Crippen LogP contribution in [0.3, 0.4) is 0 Å². The third-order valence-corrected chi connectivity index (χ3v) is 7.45. The molecule has 3 aromatic carbocycles. The molecule has 7 heteroatoms. The van der Waals surface area contributed by atoms with Crippen molar-refractivity contribution in [3.05, 3.63) is 94.5 Å². The molecule has 0 aromatic heterocycles. The lowest BCUT2D eigenvalue weighted by atomic mass is 9.96. The monoisotopic (exact) mass is 512 g/mol. The predicted molar refractivity (Wildman–Crippen MR) is 143 cm³/mol. The van der Waals surface area contributed by atoms with Crippen LogP contribution in [-0.2, 0) is 31.2 Å². The second-order valence-electron chi connectivity index (χ2n) is 8.48. The quantitative estimate of drug-likeness (QED) is 0.123. The van der Waals surface area contributed by atoms with Gasteiger partial charge in [0.1, 0.15) is 11.5 Å². The molecule has 6 nitrogen and oxygen atoms in total. The molecule has 0 fully saturated rings. The molecule has 3 rings (SSSR count). The Labute approximate surface area is 215 Å². The molecule has 0 radical (unpaired) electrons. The molecule has 194 valence electrons. The van der Waals surface area contributed by atoms with Crippen LogP contribution in [0.1, 0.15) is 41.7 Å². The van der Waals surface area contributed by atoms with Gasteiger partial charge in [-0.1, -0.05) is 42.5 Å². The number of benzene rings is 3. The van der Waals surface area contributed by atoms with Gasteiger partial charge in [0.15, 0.2) is 13.1 Å². The third kappa shape index (κ3) is 8.79. The Hall–Kier alpha value is -2.63. The van der Waals surface area contributed by atoms with Gasteiger partial charge in [-0.3, -0.25) is 4.57 Å². The van der Waals surface area contributed by atoms with Gasteiger partial charge in [0, 0.05) is 0 Å². The van der Waals surface area contributed by atoms with Gasteiger partial charge in [-0.2, -0.15) is 0 Å². The van der Waals surface area contributed by atoms with Crippen molar-refractivity contribution in [1.82, 2.24) is 0 Å². The van der Waals surface area contributed by atoms with Gasteiger partial charge >= 0.3 is 7.60 Å². The highest BCUT2D eigenvalue weighted by Crippen LogP contribution is 2.48. The molecule has 0 N–H and O–H groups in total. The molecule has 0 aliphatic heterocycles. The number of ether oxygens (including phenoxy) is 3. The first-order valence-corrected chi connectivity index (χ1v) is 14.1. The summed E-state index contributed by atoms with van der Waals surface area (Å²) in [4.78, 5) is 0. The van der Waals surface area contributed by atoms with Gasteiger partial charge in [-0.25, -0.2) is 0 Å². The molecule has 0 aliphatic rings. The summed E-state index contributed by atoms with van der Waals surface area (Å²) in [5.41, 5.74) is 5.89. The van der Waals surface area contributed by atoms with Crippen molar-refractivity contribution in [3.63, 3.8) is 0 Å². The zero-order valence-corrected chi connectivity index (χ0v) is 22.6. The highest BCUT2D eigenvalue weighted by molar-refractivity contribution is 7.53. The van der Waals surface area contributed by atoms with Crippen molar-refractivity contribution < 1.29 is 27.8 Å². The van der Waals surface area contributed by atoms with Crippen LogP contribution < -0.4 is 9.47 Å². The molecule has 0 unspecified atom stereocenters. The van der Waals surface area contributed by atoms with E-state index in [1.165, 1.54) is 16.7 Å². The Balaban J connectivity index is 1.50. The van der Waals surface area contributed by atoms with Crippen LogP contribution in [0.2, 0.25) is 0 Å². The molecule has 0 spiro atoms. The van der Waals surface area contributed by atoms with E-state index in [-0.39, 0.29) is 13.1 Å². The summed E-state index contributed by atoms with van der Waals surface area (Å²) in [6.07, 6.45) is 1.55. The summed E-state index contributed by atoms with van der Waals surface area (Å²) in [5, 5.41) is 0. The maximum atomic E-state index is 12.7. The first-order chi connectivity index (χ1) is 17.4. The molecule has 0 heterocycles. The van der Waals surface area contributed by atoms with Gasteiger partial charge in [0.25, 0.3) is 0 Å². The highest BCUT2D eigenvalue weighted by atomic mass is 31.2. The van der Waals surface area contributed by atoms with E-state index in [0.717, 1.165) is 29.7 Å². The lowest BCUT2D eigenvalue weighted by Crippen LogP contribution is -2.07. The minimum Gasteiger partial charge on any atom is -0.481 e. The lowest BCUT2D eigenvalue weighted by Gasteiger charge is -2.19. The Kier molecular flexibility index (Phi) is 11.0. The fraction of sp³-hybridized carbons (Fsp3) is 0.379. The second kappa shape index (κ2) is 14.2. The highest BCUT2D eigenvalue weighted by Gasteiger charge is 2.25. The number of hydrogen-bond acceptors (Lipinski definition) is 6. The zero-order valence-electron chi connectivity index (χ0n) is 21.7. The van der Waals surface area contributed by atoms with Crippen LogP contribution in [0.5, 0.6) is 11.5 Å². The molecule has 0 bridgehead atoms. The maximum absolute atomic E-state index is 12.7. The molecule has 0 atom stereocenters. The Morgan fingerprint density at radius 2 is 1.39 bits per heavy atom. The van der Waals surface area contributed by atoms with Crippen LogP contribution in [0.4, 0.5) is 0 Å². The fourth-order valence-electron chi connectivity index (χ4n) is 3.89. The molecule has 0 aliphatic carbocycles. The van der Waals surface area contributed by atoms with E-state index in [1.54, 1.807) is 13.8 Å². The minimum absolute atomic E-state index is 0.107. The first-order valence-electron chi connectivity index (χ1n) is 12.4. The van der Waals surface area contributed by atoms with E-state index in [4.69, 9.17) is 23.3 Å². The Morgan fingerprint density at radius 1 is 0.750 bits per heavy atom. The molecule has 0 saturated carbocycles. The summed E-state index contributed by atoms with van der Waals surface area (Å²) in [7, 11) is -3.26. The zero-order chi connectivity index (χ0) is 25.8. The van der Waals surface area contributed by atoms with Crippen molar-refractivity contribution in [3.8, 4) is 11.5 Å². The van der Waals surface area contributed by atoms with Crippen molar-refractivity contribution in [2.24, 2.45) is 0 Å². The van der Waals surface area contributed by atoms with E-state index in [1.807, 2.05) is 42.5 Å². The average molecular weight is 513 g/mol. The molecular weight excluding hydrogens is 475 g/mol. The summed E-state index contributed by atoms with van der Waals surface area (Å²) in [6, 6.07) is 22.3. The van der Waals surface area contributed by atoms with Crippen LogP contribution in [0, 0.1) is 13.8 Å². The lowest BCUT2D eigenvalue weighted by molar-refractivity contribution is 0.0169. The largest absolute Gasteiger partial charge is 0.481 e. The van der Waals surface area contributed by atoms with Crippen LogP contribution in [0.25, 0.3) is 0 Å². The fourth-order valence-corrected chi connectivity index (χ4v) is 5.20. The van der Waals surface area contributed by atoms with Gasteiger partial charge in [-0.05, 0) is 92.6 Å². The van der Waals surface area contributed by atoms with Crippen molar-refractivity contribution >= 4 is 7.60 Å². The topological polar surface area (TPSA) is 63.2 Å². The smallest absolute Gasteiger partial charge is 0.367 e. The van der Waals surface area contributed by atoms with E-state index < -0.39 is 7.60 Å². The summed E-state index contributed by atoms with van der Waals surface area (Å²) in [5.74, 6) is 1.44. The molecule has 0 amide bonds. The number of aryl methyl sites for hydroxylation is 2. The van der Waals surface area contributed by atoms with E-state index in [9.17, 15) is 4.57 Å². The molecular formula is C29H37O6P. The standard InChI is InChI=1S/C29H37O6P/c1-5-34-36(30,35-6-2)22-33-28-18-23(3)29(24(4)19-28)20-26-12-14-27(15-13-26)32-21-31-17-16-25-10-8-7-9-11-25/h7-15,18-19H,5-6,16-17,20-22H2,1-4H3. The van der Waals surface area contributed by atoms with Crippen molar-refractivity contribution in [2.45, 2.75) is 40.5 Å². The van der Waals surface area contributed by atoms with E-state index in [0.29, 0.717) is 25.6 Å². The van der Waals surface area contributed by atoms with Gasteiger partial charge in [-0.15, -0.1) is 0 Å². The minimum atomic E-state index is -3.26. The van der Waals surface area contributed by atoms with Crippen LogP contribution in [-0.4, -0.2) is 33.0 Å². The summed E-state index contributed by atoms with van der Waals surface area (Å²) < 4.78 is 40.4. The average Bonchev–Trinajstić information content (AvgIpc) is 2.87. The van der Waals surface area contributed by atoms with Crippen LogP contribution in [0.15, 0.2) is 66.7 Å². The molecule has 0 saturated heterocycles. The van der Waals surface area contributed by atoms with Gasteiger partial charge in [0.05, 0.1) is 19.8 Å². The first kappa shape index (κ1) is 27.9. The normalized spacial score (nSPS) is 11.4. The second-order valence-corrected chi connectivity index (χ2v) is 10.5. The SMILES string of the molecule is CCOP(=O)(COc1cc(C)c(Cc2ccc(OCOCCc3ccccc3)cc2)c(C)c1)OCC. The van der Waals surface area contributed by atoms with E-state index in [2.05, 4.69) is 38.1 Å². The van der Waals surface area contributed by atoms with E-state index >= 15 is 0 Å². The number of hydrogen-bond donors (Lipinski definition) is 0. The Morgan fingerprint density at radius 3 is 2.00 bits per heavy atom. The summed E-state index contributed by atoms with van der Waals surface area (Å²) >= 11 is 0. The number of rotatable bonds is 15. The van der Waals surface area contributed by atoms with Gasteiger partial charge in [0.2, 0.25) is 0 Å².